The van der Waals surface area contributed by atoms with E-state index in [0.29, 0.717) is 18.3 Å². The summed E-state index contributed by atoms with van der Waals surface area (Å²) in [7, 11) is 0. The molecule has 4 N–H and O–H groups in total. The number of nitrogens with zero attached hydrogens (tertiary/aromatic N) is 2. The van der Waals surface area contributed by atoms with Crippen molar-refractivity contribution in [1.82, 2.24) is 9.88 Å². The highest BCUT2D eigenvalue weighted by Gasteiger charge is 2.28. The van der Waals surface area contributed by atoms with Crippen LogP contribution in [0.1, 0.15) is 24.1 Å². The first-order valence-electron chi connectivity index (χ1n) is 5.85. The number of pyridine rings is 1. The summed E-state index contributed by atoms with van der Waals surface area (Å²) >= 11 is 0. The summed E-state index contributed by atoms with van der Waals surface area (Å²) in [6.45, 7) is 1.66. The SMILES string of the molecule is N=C(N)c1cc(CN(CCO)C2CC2)ccn1. The standard InChI is InChI=1S/C12H18N4O/c13-12(14)11-7-9(3-4-15-11)8-16(5-6-17)10-1-2-10/h3-4,7,10,17H,1-2,5-6,8H2,(H3,13,14). The highest BCUT2D eigenvalue weighted by Crippen LogP contribution is 2.27. The topological polar surface area (TPSA) is 86.2 Å². The summed E-state index contributed by atoms with van der Waals surface area (Å²) in [6.07, 6.45) is 4.10. The van der Waals surface area contributed by atoms with E-state index >= 15 is 0 Å². The molecule has 0 aliphatic heterocycles. The summed E-state index contributed by atoms with van der Waals surface area (Å²) in [5.41, 5.74) is 7.02. The lowest BCUT2D eigenvalue weighted by molar-refractivity contribution is 0.183. The minimum Gasteiger partial charge on any atom is -0.395 e. The predicted octanol–water partition coefficient (Wildman–Crippen LogP) is 0.322. The molecule has 1 saturated carbocycles. The van der Waals surface area contributed by atoms with Crippen molar-refractivity contribution in [3.8, 4) is 0 Å². The van der Waals surface area contributed by atoms with Crippen molar-refractivity contribution in [3.05, 3.63) is 29.6 Å². The van der Waals surface area contributed by atoms with Gasteiger partial charge in [-0.1, -0.05) is 0 Å². The summed E-state index contributed by atoms with van der Waals surface area (Å²) in [5.74, 6) is -0.00743. The van der Waals surface area contributed by atoms with Crippen molar-refractivity contribution < 1.29 is 5.11 Å². The van der Waals surface area contributed by atoms with Gasteiger partial charge in [-0.3, -0.25) is 15.3 Å². The Morgan fingerprint density at radius 1 is 1.59 bits per heavy atom. The Morgan fingerprint density at radius 2 is 2.35 bits per heavy atom. The normalized spacial score (nSPS) is 15.2. The Bertz CT molecular complexity index is 403. The fourth-order valence-electron chi connectivity index (χ4n) is 1.91. The summed E-state index contributed by atoms with van der Waals surface area (Å²) in [5, 5.41) is 16.4. The maximum absolute atomic E-state index is 9.03. The first kappa shape index (κ1) is 12.0. The highest BCUT2D eigenvalue weighted by molar-refractivity contribution is 5.93. The maximum Gasteiger partial charge on any atom is 0.141 e. The summed E-state index contributed by atoms with van der Waals surface area (Å²) in [6, 6.07) is 4.38. The molecule has 92 valence electrons. The maximum atomic E-state index is 9.03. The van der Waals surface area contributed by atoms with Gasteiger partial charge >= 0.3 is 0 Å². The van der Waals surface area contributed by atoms with E-state index in [4.69, 9.17) is 16.2 Å². The molecule has 0 saturated heterocycles. The zero-order chi connectivity index (χ0) is 12.3. The lowest BCUT2D eigenvalue weighted by Gasteiger charge is -2.20. The van der Waals surface area contributed by atoms with E-state index in [1.807, 2.05) is 12.1 Å². The van der Waals surface area contributed by atoms with Crippen molar-refractivity contribution in [2.45, 2.75) is 25.4 Å². The molecule has 0 aromatic carbocycles. The van der Waals surface area contributed by atoms with E-state index in [9.17, 15) is 0 Å². The largest absolute Gasteiger partial charge is 0.395 e. The number of nitrogens with two attached hydrogens (primary N) is 1. The van der Waals surface area contributed by atoms with Gasteiger partial charge in [0.05, 0.1) is 6.61 Å². The van der Waals surface area contributed by atoms with Crippen molar-refractivity contribution in [2.75, 3.05) is 13.2 Å². The molecular weight excluding hydrogens is 216 g/mol. The van der Waals surface area contributed by atoms with Crippen LogP contribution in [0, 0.1) is 5.41 Å². The molecule has 17 heavy (non-hydrogen) atoms. The van der Waals surface area contributed by atoms with Gasteiger partial charge in [-0.15, -0.1) is 0 Å². The van der Waals surface area contributed by atoms with Crippen LogP contribution in [0.25, 0.3) is 0 Å². The third-order valence-electron chi connectivity index (χ3n) is 2.94. The first-order chi connectivity index (χ1) is 8.20. The number of aliphatic hydroxyl groups excluding tert-OH is 1. The summed E-state index contributed by atoms with van der Waals surface area (Å²) in [4.78, 5) is 6.30. The fraction of sp³-hybridized carbons (Fsp3) is 0.500. The van der Waals surface area contributed by atoms with E-state index in [0.717, 1.165) is 12.1 Å². The Kier molecular flexibility index (Phi) is 3.71. The molecule has 5 nitrogen and oxygen atoms in total. The Hall–Kier alpha value is -1.46. The quantitative estimate of drug-likeness (QED) is 0.489. The highest BCUT2D eigenvalue weighted by atomic mass is 16.3. The second kappa shape index (κ2) is 5.25. The van der Waals surface area contributed by atoms with Gasteiger partial charge in [0.1, 0.15) is 11.5 Å². The van der Waals surface area contributed by atoms with Gasteiger partial charge in [-0.2, -0.15) is 0 Å². The zero-order valence-electron chi connectivity index (χ0n) is 9.76. The van der Waals surface area contributed by atoms with Crippen LogP contribution in [0.3, 0.4) is 0 Å². The van der Waals surface area contributed by atoms with Crippen molar-refractivity contribution in [3.63, 3.8) is 0 Å². The molecule has 2 rings (SSSR count). The van der Waals surface area contributed by atoms with Crippen molar-refractivity contribution in [1.29, 1.82) is 5.41 Å². The van der Waals surface area contributed by atoms with Crippen LogP contribution in [0.2, 0.25) is 0 Å². The van der Waals surface area contributed by atoms with Gasteiger partial charge in [-0.05, 0) is 30.5 Å². The van der Waals surface area contributed by atoms with Gasteiger partial charge in [0.15, 0.2) is 0 Å². The minimum absolute atomic E-state index is 0.00743. The van der Waals surface area contributed by atoms with Crippen LogP contribution in [0.15, 0.2) is 18.3 Å². The monoisotopic (exact) mass is 234 g/mol. The fourth-order valence-corrected chi connectivity index (χ4v) is 1.91. The van der Waals surface area contributed by atoms with Crippen LogP contribution in [-0.2, 0) is 6.54 Å². The second-order valence-corrected chi connectivity index (χ2v) is 4.39. The number of amidine groups is 1. The molecule has 0 atom stereocenters. The molecule has 5 heteroatoms. The van der Waals surface area contributed by atoms with Crippen LogP contribution in [0.5, 0.6) is 0 Å². The van der Waals surface area contributed by atoms with Crippen LogP contribution in [0.4, 0.5) is 0 Å². The number of aliphatic hydroxyl groups is 1. The van der Waals surface area contributed by atoms with Gasteiger partial charge in [0, 0.05) is 25.3 Å². The molecule has 1 heterocycles. The summed E-state index contributed by atoms with van der Waals surface area (Å²) < 4.78 is 0. The number of nitrogens with one attached hydrogen (secondary N) is 1. The lowest BCUT2D eigenvalue weighted by atomic mass is 10.2. The molecule has 0 spiro atoms. The zero-order valence-corrected chi connectivity index (χ0v) is 9.76. The molecular formula is C12H18N4O. The number of hydrogen-bond acceptors (Lipinski definition) is 4. The molecule has 0 amide bonds. The third kappa shape index (κ3) is 3.25. The number of rotatable bonds is 6. The Balaban J connectivity index is 2.05. The number of nitrogen functional groups attached to an aromatic ring is 1. The Morgan fingerprint density at radius 3 is 2.94 bits per heavy atom. The molecule has 1 aromatic heterocycles. The van der Waals surface area contributed by atoms with Crippen molar-refractivity contribution >= 4 is 5.84 Å². The smallest absolute Gasteiger partial charge is 0.141 e. The van der Waals surface area contributed by atoms with E-state index < -0.39 is 0 Å². The first-order valence-corrected chi connectivity index (χ1v) is 5.85. The van der Waals surface area contributed by atoms with E-state index in [1.165, 1.54) is 12.8 Å². The van der Waals surface area contributed by atoms with Crippen LogP contribution >= 0.6 is 0 Å². The van der Waals surface area contributed by atoms with Gasteiger partial charge in [0.25, 0.3) is 0 Å². The Labute approximate surface area is 101 Å². The number of hydrogen-bond donors (Lipinski definition) is 3. The molecule has 0 radical (unpaired) electrons. The van der Waals surface area contributed by atoms with Crippen LogP contribution in [-0.4, -0.2) is 40.0 Å². The minimum atomic E-state index is -0.00743. The second-order valence-electron chi connectivity index (χ2n) is 4.39. The molecule has 1 aliphatic carbocycles. The van der Waals surface area contributed by atoms with Crippen molar-refractivity contribution in [2.24, 2.45) is 5.73 Å². The average molecular weight is 234 g/mol. The molecule has 0 unspecified atom stereocenters. The van der Waals surface area contributed by atoms with Crippen LogP contribution < -0.4 is 5.73 Å². The molecule has 1 aromatic rings. The van der Waals surface area contributed by atoms with Gasteiger partial charge in [0.2, 0.25) is 0 Å². The third-order valence-corrected chi connectivity index (χ3v) is 2.94. The van der Waals surface area contributed by atoms with E-state index in [-0.39, 0.29) is 12.4 Å². The van der Waals surface area contributed by atoms with Gasteiger partial charge < -0.3 is 10.8 Å². The predicted molar refractivity (Wildman–Crippen MR) is 65.8 cm³/mol. The molecule has 1 aliphatic rings. The van der Waals surface area contributed by atoms with Gasteiger partial charge in [-0.25, -0.2) is 0 Å². The van der Waals surface area contributed by atoms with E-state index in [1.54, 1.807) is 6.20 Å². The van der Waals surface area contributed by atoms with E-state index in [2.05, 4.69) is 9.88 Å². The molecule has 0 bridgehead atoms. The average Bonchev–Trinajstić information content (AvgIpc) is 3.13. The molecule has 1 fully saturated rings. The lowest BCUT2D eigenvalue weighted by Crippen LogP contribution is -2.28. The number of aromatic nitrogens is 1.